The minimum atomic E-state index is 0.108. The molecular formula is C23H35N3O2. The van der Waals surface area contributed by atoms with E-state index in [4.69, 9.17) is 0 Å². The van der Waals surface area contributed by atoms with Gasteiger partial charge in [0.1, 0.15) is 0 Å². The summed E-state index contributed by atoms with van der Waals surface area (Å²) < 4.78 is 2.41. The molecule has 1 aromatic rings. The molecule has 2 saturated heterocycles. The molecule has 0 radical (unpaired) electrons. The highest BCUT2D eigenvalue weighted by molar-refractivity contribution is 5.96. The molecule has 1 aliphatic carbocycles. The van der Waals surface area contributed by atoms with Crippen LogP contribution in [0.5, 0.6) is 0 Å². The molecule has 0 unspecified atom stereocenters. The van der Waals surface area contributed by atoms with Crippen molar-refractivity contribution in [3.05, 3.63) is 23.0 Å². The number of aryl methyl sites for hydroxylation is 1. The standard InChI is InChI=1S/C23H35N3O2/c1-17-16-21(18(2)26(17)20-8-4-3-5-9-20)23(28)25-14-10-19(11-15-25)22(27)24-12-6-7-13-24/h16,19-20H,3-15H2,1-2H3. The van der Waals surface area contributed by atoms with Crippen molar-refractivity contribution in [2.45, 2.75) is 77.7 Å². The smallest absolute Gasteiger partial charge is 0.255 e. The molecule has 28 heavy (non-hydrogen) atoms. The van der Waals surface area contributed by atoms with Gasteiger partial charge >= 0.3 is 0 Å². The summed E-state index contributed by atoms with van der Waals surface area (Å²) in [5.74, 6) is 0.583. The molecule has 1 aromatic heterocycles. The Morgan fingerprint density at radius 3 is 2.11 bits per heavy atom. The van der Waals surface area contributed by atoms with E-state index in [1.165, 1.54) is 37.8 Å². The Balaban J connectivity index is 1.41. The van der Waals surface area contributed by atoms with Crippen LogP contribution in [-0.4, -0.2) is 52.4 Å². The molecule has 0 bridgehead atoms. The third kappa shape index (κ3) is 3.72. The number of likely N-dealkylation sites (tertiary alicyclic amines) is 2. The number of piperidine rings is 1. The number of hydrogen-bond acceptors (Lipinski definition) is 2. The van der Waals surface area contributed by atoms with Crippen LogP contribution in [0.3, 0.4) is 0 Å². The number of carbonyl (C=O) groups excluding carboxylic acids is 2. The van der Waals surface area contributed by atoms with E-state index in [-0.39, 0.29) is 11.8 Å². The van der Waals surface area contributed by atoms with Gasteiger partial charge in [-0.2, -0.15) is 0 Å². The summed E-state index contributed by atoms with van der Waals surface area (Å²) in [5.41, 5.74) is 3.21. The van der Waals surface area contributed by atoms with E-state index in [1.807, 2.05) is 9.80 Å². The normalized spacial score (nSPS) is 22.1. The third-order valence-electron chi connectivity index (χ3n) is 7.20. The van der Waals surface area contributed by atoms with Crippen LogP contribution >= 0.6 is 0 Å². The van der Waals surface area contributed by atoms with Crippen LogP contribution < -0.4 is 0 Å². The first kappa shape index (κ1) is 19.5. The molecule has 154 valence electrons. The van der Waals surface area contributed by atoms with Crippen LogP contribution in [0, 0.1) is 19.8 Å². The van der Waals surface area contributed by atoms with E-state index in [0.717, 1.165) is 50.0 Å². The molecule has 3 fully saturated rings. The van der Waals surface area contributed by atoms with Gasteiger partial charge in [0.15, 0.2) is 0 Å². The zero-order valence-corrected chi connectivity index (χ0v) is 17.6. The lowest BCUT2D eigenvalue weighted by atomic mass is 9.94. The van der Waals surface area contributed by atoms with Crippen molar-refractivity contribution < 1.29 is 9.59 Å². The average molecular weight is 386 g/mol. The molecule has 0 spiro atoms. The van der Waals surface area contributed by atoms with Crippen molar-refractivity contribution in [1.29, 1.82) is 0 Å². The molecule has 5 heteroatoms. The van der Waals surface area contributed by atoms with E-state index in [9.17, 15) is 9.59 Å². The summed E-state index contributed by atoms with van der Waals surface area (Å²) >= 11 is 0. The Labute approximate surface area is 169 Å². The van der Waals surface area contributed by atoms with Crippen molar-refractivity contribution in [3.63, 3.8) is 0 Å². The Kier molecular flexibility index (Phi) is 5.79. The zero-order valence-electron chi connectivity index (χ0n) is 17.6. The second-order valence-corrected chi connectivity index (χ2v) is 9.05. The number of amides is 2. The minimum absolute atomic E-state index is 0.108. The van der Waals surface area contributed by atoms with Crippen molar-refractivity contribution in [2.24, 2.45) is 5.92 Å². The van der Waals surface area contributed by atoms with Crippen LogP contribution in [0.15, 0.2) is 6.07 Å². The van der Waals surface area contributed by atoms with Gasteiger partial charge in [-0.15, -0.1) is 0 Å². The first-order chi connectivity index (χ1) is 13.6. The quantitative estimate of drug-likeness (QED) is 0.787. The highest BCUT2D eigenvalue weighted by atomic mass is 16.2. The first-order valence-corrected chi connectivity index (χ1v) is 11.3. The number of nitrogens with zero attached hydrogens (tertiary/aromatic N) is 3. The van der Waals surface area contributed by atoms with E-state index < -0.39 is 0 Å². The minimum Gasteiger partial charge on any atom is -0.345 e. The predicted molar refractivity (Wildman–Crippen MR) is 110 cm³/mol. The van der Waals surface area contributed by atoms with Gasteiger partial charge in [0.05, 0.1) is 5.56 Å². The second-order valence-electron chi connectivity index (χ2n) is 9.05. The van der Waals surface area contributed by atoms with Gasteiger partial charge in [-0.05, 0) is 58.4 Å². The first-order valence-electron chi connectivity index (χ1n) is 11.3. The Bertz CT molecular complexity index is 718. The maximum Gasteiger partial charge on any atom is 0.255 e. The summed E-state index contributed by atoms with van der Waals surface area (Å²) in [7, 11) is 0. The average Bonchev–Trinajstić information content (AvgIpc) is 3.36. The molecule has 3 aliphatic rings. The fourth-order valence-electron chi connectivity index (χ4n) is 5.59. The van der Waals surface area contributed by atoms with E-state index in [2.05, 4.69) is 24.5 Å². The molecule has 2 amide bonds. The van der Waals surface area contributed by atoms with Gasteiger partial charge in [0.25, 0.3) is 5.91 Å². The van der Waals surface area contributed by atoms with Gasteiger partial charge in [0, 0.05) is 49.5 Å². The molecule has 4 rings (SSSR count). The fourth-order valence-corrected chi connectivity index (χ4v) is 5.59. The van der Waals surface area contributed by atoms with Crippen molar-refractivity contribution in [3.8, 4) is 0 Å². The highest BCUT2D eigenvalue weighted by Gasteiger charge is 2.32. The predicted octanol–water partition coefficient (Wildman–Crippen LogP) is 4.08. The molecule has 0 N–H and O–H groups in total. The maximum atomic E-state index is 13.2. The Hall–Kier alpha value is -1.78. The molecule has 2 aliphatic heterocycles. The summed E-state index contributed by atoms with van der Waals surface area (Å²) in [6.45, 7) is 7.50. The molecule has 3 heterocycles. The number of aromatic nitrogens is 1. The second kappa shape index (κ2) is 8.30. The van der Waals surface area contributed by atoms with Gasteiger partial charge < -0.3 is 14.4 Å². The largest absolute Gasteiger partial charge is 0.345 e. The molecule has 1 saturated carbocycles. The summed E-state index contributed by atoms with van der Waals surface area (Å²) in [6.07, 6.45) is 10.3. The van der Waals surface area contributed by atoms with Crippen LogP contribution in [0.1, 0.15) is 85.6 Å². The third-order valence-corrected chi connectivity index (χ3v) is 7.20. The SMILES string of the molecule is Cc1cc(C(=O)N2CCC(C(=O)N3CCCC3)CC2)c(C)n1C1CCCCC1. The monoisotopic (exact) mass is 385 g/mol. The summed E-state index contributed by atoms with van der Waals surface area (Å²) in [5, 5.41) is 0. The fraction of sp³-hybridized carbons (Fsp3) is 0.739. The van der Waals surface area contributed by atoms with Crippen LogP contribution in [-0.2, 0) is 4.79 Å². The van der Waals surface area contributed by atoms with Crippen molar-refractivity contribution in [2.75, 3.05) is 26.2 Å². The Morgan fingerprint density at radius 2 is 1.46 bits per heavy atom. The topological polar surface area (TPSA) is 45.6 Å². The summed E-state index contributed by atoms with van der Waals surface area (Å²) in [4.78, 5) is 29.9. The number of hydrogen-bond donors (Lipinski definition) is 0. The van der Waals surface area contributed by atoms with Gasteiger partial charge in [-0.3, -0.25) is 9.59 Å². The number of carbonyl (C=O) groups is 2. The molecule has 0 atom stereocenters. The van der Waals surface area contributed by atoms with Crippen molar-refractivity contribution in [1.82, 2.24) is 14.4 Å². The van der Waals surface area contributed by atoms with Crippen LogP contribution in [0.25, 0.3) is 0 Å². The molecule has 0 aromatic carbocycles. The van der Waals surface area contributed by atoms with Gasteiger partial charge in [0.2, 0.25) is 5.91 Å². The summed E-state index contributed by atoms with van der Waals surface area (Å²) in [6, 6.07) is 2.65. The highest BCUT2D eigenvalue weighted by Crippen LogP contribution is 2.33. The lowest BCUT2D eigenvalue weighted by molar-refractivity contribution is -0.135. The number of rotatable bonds is 3. The van der Waals surface area contributed by atoms with E-state index in [1.54, 1.807) is 0 Å². The molecular weight excluding hydrogens is 350 g/mol. The van der Waals surface area contributed by atoms with Crippen LogP contribution in [0.2, 0.25) is 0 Å². The van der Waals surface area contributed by atoms with Gasteiger partial charge in [-0.1, -0.05) is 19.3 Å². The van der Waals surface area contributed by atoms with Crippen molar-refractivity contribution >= 4 is 11.8 Å². The van der Waals surface area contributed by atoms with E-state index in [0.29, 0.717) is 25.0 Å². The van der Waals surface area contributed by atoms with Crippen LogP contribution in [0.4, 0.5) is 0 Å². The lowest BCUT2D eigenvalue weighted by Crippen LogP contribution is -2.43. The van der Waals surface area contributed by atoms with Gasteiger partial charge in [-0.25, -0.2) is 0 Å². The van der Waals surface area contributed by atoms with E-state index >= 15 is 0 Å². The zero-order chi connectivity index (χ0) is 19.7. The molecule has 5 nitrogen and oxygen atoms in total. The maximum absolute atomic E-state index is 13.2. The lowest BCUT2D eigenvalue weighted by Gasteiger charge is -2.33. The Morgan fingerprint density at radius 1 is 0.821 bits per heavy atom.